The highest BCUT2D eigenvalue weighted by Gasteiger charge is 2.09. The molecule has 7 heteroatoms. The Hall–Kier alpha value is -3.22. The van der Waals surface area contributed by atoms with E-state index in [2.05, 4.69) is 10.3 Å². The topological polar surface area (TPSA) is 84.0 Å². The Morgan fingerprint density at radius 2 is 1.88 bits per heavy atom. The number of nitrogens with one attached hydrogen (secondary N) is 2. The summed E-state index contributed by atoms with van der Waals surface area (Å²) < 4.78 is 14.5. The van der Waals surface area contributed by atoms with Crippen molar-refractivity contribution >= 4 is 16.9 Å². The van der Waals surface area contributed by atoms with Gasteiger partial charge in [0.2, 0.25) is 0 Å². The predicted octanol–water partition coefficient (Wildman–Crippen LogP) is 1.26. The van der Waals surface area contributed by atoms with Crippen LogP contribution in [0.1, 0.15) is 10.4 Å². The van der Waals surface area contributed by atoms with E-state index in [1.54, 1.807) is 30.3 Å². The molecule has 0 spiro atoms. The first kappa shape index (κ1) is 15.7. The van der Waals surface area contributed by atoms with Gasteiger partial charge in [-0.05, 0) is 30.3 Å². The molecule has 0 aliphatic heterocycles. The maximum absolute atomic E-state index is 13.3. The van der Waals surface area contributed by atoms with Gasteiger partial charge in [-0.1, -0.05) is 18.2 Å². The molecule has 2 aromatic carbocycles. The summed E-state index contributed by atoms with van der Waals surface area (Å²) in [6.45, 7) is 0.257. The number of carbonyl (C=O) groups is 1. The summed E-state index contributed by atoms with van der Waals surface area (Å²) in [5, 5.41) is 2.69. The molecular weight excluding hydrogens is 313 g/mol. The molecule has 0 fully saturated rings. The molecule has 0 bridgehead atoms. The molecule has 6 nitrogen and oxygen atoms in total. The van der Waals surface area contributed by atoms with Crippen LogP contribution in [0.3, 0.4) is 0 Å². The van der Waals surface area contributed by atoms with E-state index in [4.69, 9.17) is 0 Å². The van der Waals surface area contributed by atoms with Crippen LogP contribution in [0.25, 0.3) is 11.0 Å². The van der Waals surface area contributed by atoms with Crippen molar-refractivity contribution in [3.05, 3.63) is 80.6 Å². The van der Waals surface area contributed by atoms with Crippen LogP contribution in [0.4, 0.5) is 4.39 Å². The molecule has 1 heterocycles. The molecule has 1 aromatic heterocycles. The Morgan fingerprint density at radius 1 is 1.12 bits per heavy atom. The number of amides is 1. The van der Waals surface area contributed by atoms with Gasteiger partial charge in [-0.2, -0.15) is 0 Å². The van der Waals surface area contributed by atoms with E-state index < -0.39 is 16.9 Å². The predicted molar refractivity (Wildman–Crippen MR) is 87.6 cm³/mol. The van der Waals surface area contributed by atoms with Gasteiger partial charge in [-0.3, -0.25) is 14.4 Å². The van der Waals surface area contributed by atoms with Crippen molar-refractivity contribution in [3.63, 3.8) is 0 Å². The lowest BCUT2D eigenvalue weighted by Crippen LogP contribution is -2.39. The fourth-order valence-electron chi connectivity index (χ4n) is 2.45. The number of nitrogens with zero attached hydrogens (tertiary/aromatic N) is 1. The van der Waals surface area contributed by atoms with Gasteiger partial charge in [0.05, 0.1) is 11.0 Å². The average molecular weight is 327 g/mol. The van der Waals surface area contributed by atoms with Gasteiger partial charge in [0.1, 0.15) is 5.82 Å². The zero-order valence-electron chi connectivity index (χ0n) is 12.6. The number of aromatic amines is 1. The first-order valence-corrected chi connectivity index (χ1v) is 7.32. The number of benzene rings is 2. The van der Waals surface area contributed by atoms with E-state index in [0.29, 0.717) is 11.1 Å². The number of halogens is 1. The monoisotopic (exact) mass is 327 g/mol. The van der Waals surface area contributed by atoms with E-state index in [1.807, 2.05) is 0 Å². The summed E-state index contributed by atoms with van der Waals surface area (Å²) in [5.41, 5.74) is -0.447. The summed E-state index contributed by atoms with van der Waals surface area (Å²) in [6.07, 6.45) is 0. The fourth-order valence-corrected chi connectivity index (χ4v) is 2.45. The maximum Gasteiger partial charge on any atom is 0.316 e. The average Bonchev–Trinajstić information content (AvgIpc) is 2.59. The van der Waals surface area contributed by atoms with Crippen LogP contribution in [0.5, 0.6) is 0 Å². The van der Waals surface area contributed by atoms with Crippen molar-refractivity contribution in [2.75, 3.05) is 6.54 Å². The van der Waals surface area contributed by atoms with Crippen LogP contribution in [-0.2, 0) is 6.54 Å². The van der Waals surface area contributed by atoms with Crippen molar-refractivity contribution in [3.8, 4) is 0 Å². The maximum atomic E-state index is 13.3. The van der Waals surface area contributed by atoms with Gasteiger partial charge < -0.3 is 14.9 Å². The molecule has 0 aliphatic rings. The molecule has 2 N–H and O–H groups in total. The number of aromatic nitrogens is 2. The molecule has 0 atom stereocenters. The molecule has 0 saturated carbocycles. The van der Waals surface area contributed by atoms with Crippen LogP contribution < -0.4 is 16.4 Å². The van der Waals surface area contributed by atoms with Gasteiger partial charge in [-0.25, -0.2) is 4.39 Å². The van der Waals surface area contributed by atoms with Crippen molar-refractivity contribution < 1.29 is 9.18 Å². The van der Waals surface area contributed by atoms with E-state index in [1.165, 1.54) is 16.7 Å². The summed E-state index contributed by atoms with van der Waals surface area (Å²) in [5.74, 6) is -0.787. The molecule has 1 amide bonds. The number of H-pyrrole nitrogens is 1. The van der Waals surface area contributed by atoms with Crippen LogP contribution in [-0.4, -0.2) is 22.0 Å². The van der Waals surface area contributed by atoms with Crippen LogP contribution in [0.15, 0.2) is 58.1 Å². The lowest BCUT2D eigenvalue weighted by molar-refractivity contribution is 0.0952. The lowest BCUT2D eigenvalue weighted by Gasteiger charge is -2.10. The number of hydrogen-bond donors (Lipinski definition) is 2. The molecule has 24 heavy (non-hydrogen) atoms. The summed E-state index contributed by atoms with van der Waals surface area (Å²) in [6, 6.07) is 12.4. The molecule has 0 unspecified atom stereocenters. The second-order valence-corrected chi connectivity index (χ2v) is 5.19. The SMILES string of the molecule is O=C(NCCn1c(=O)c(=O)[nH]c2cc(F)ccc21)c1ccccc1. The highest BCUT2D eigenvalue weighted by atomic mass is 19.1. The van der Waals surface area contributed by atoms with Crippen LogP contribution >= 0.6 is 0 Å². The highest BCUT2D eigenvalue weighted by Crippen LogP contribution is 2.10. The highest BCUT2D eigenvalue weighted by molar-refractivity contribution is 5.94. The molecule has 0 radical (unpaired) electrons. The van der Waals surface area contributed by atoms with Gasteiger partial charge in [0, 0.05) is 18.7 Å². The van der Waals surface area contributed by atoms with E-state index in [0.717, 1.165) is 6.07 Å². The minimum atomic E-state index is -0.831. The Bertz CT molecular complexity index is 1010. The zero-order chi connectivity index (χ0) is 17.1. The van der Waals surface area contributed by atoms with Crippen molar-refractivity contribution in [2.24, 2.45) is 0 Å². The van der Waals surface area contributed by atoms with E-state index >= 15 is 0 Å². The quantitative estimate of drug-likeness (QED) is 0.708. The largest absolute Gasteiger partial charge is 0.350 e. The zero-order valence-corrected chi connectivity index (χ0v) is 12.6. The molecule has 122 valence electrons. The first-order chi connectivity index (χ1) is 11.6. The molecule has 0 aliphatic carbocycles. The summed E-state index contributed by atoms with van der Waals surface area (Å²) >= 11 is 0. The first-order valence-electron chi connectivity index (χ1n) is 7.32. The smallest absolute Gasteiger partial charge is 0.316 e. The third kappa shape index (κ3) is 3.10. The Kier molecular flexibility index (Phi) is 4.24. The standard InChI is InChI=1S/C17H14FN3O3/c18-12-6-7-14-13(10-12)20-16(23)17(24)21(14)9-8-19-15(22)11-4-2-1-3-5-11/h1-7,10H,8-9H2,(H,19,22)(H,20,23). The van der Waals surface area contributed by atoms with Gasteiger partial charge in [0.15, 0.2) is 0 Å². The van der Waals surface area contributed by atoms with Gasteiger partial charge in [0.25, 0.3) is 5.91 Å². The normalized spacial score (nSPS) is 10.7. The second kappa shape index (κ2) is 6.49. The van der Waals surface area contributed by atoms with E-state index in [9.17, 15) is 18.8 Å². The van der Waals surface area contributed by atoms with Crippen molar-refractivity contribution in [1.82, 2.24) is 14.9 Å². The van der Waals surface area contributed by atoms with E-state index in [-0.39, 0.29) is 24.5 Å². The number of rotatable bonds is 4. The molecule has 3 rings (SSSR count). The Balaban J connectivity index is 1.83. The molecule has 0 saturated heterocycles. The summed E-state index contributed by atoms with van der Waals surface area (Å²) in [7, 11) is 0. The minimum absolute atomic E-state index is 0.101. The third-order valence-corrected chi connectivity index (χ3v) is 3.59. The Morgan fingerprint density at radius 3 is 2.62 bits per heavy atom. The van der Waals surface area contributed by atoms with Crippen molar-refractivity contribution in [1.29, 1.82) is 0 Å². The minimum Gasteiger partial charge on any atom is -0.350 e. The second-order valence-electron chi connectivity index (χ2n) is 5.19. The number of carbonyl (C=O) groups excluding carboxylic acids is 1. The molecular formula is C17H14FN3O3. The number of fused-ring (bicyclic) bond motifs is 1. The van der Waals surface area contributed by atoms with Crippen molar-refractivity contribution in [2.45, 2.75) is 6.54 Å². The molecule has 3 aromatic rings. The van der Waals surface area contributed by atoms with Gasteiger partial charge in [-0.15, -0.1) is 0 Å². The third-order valence-electron chi connectivity index (χ3n) is 3.59. The number of hydrogen-bond acceptors (Lipinski definition) is 3. The lowest BCUT2D eigenvalue weighted by atomic mass is 10.2. The fraction of sp³-hybridized carbons (Fsp3) is 0.118. The van der Waals surface area contributed by atoms with Crippen LogP contribution in [0, 0.1) is 5.82 Å². The Labute approximate surface area is 135 Å². The van der Waals surface area contributed by atoms with Crippen LogP contribution in [0.2, 0.25) is 0 Å². The van der Waals surface area contributed by atoms with Gasteiger partial charge >= 0.3 is 11.1 Å². The summed E-state index contributed by atoms with van der Waals surface area (Å²) in [4.78, 5) is 38.0.